The van der Waals surface area contributed by atoms with Crippen molar-refractivity contribution in [1.29, 1.82) is 0 Å². The average molecular weight is 294 g/mol. The summed E-state index contributed by atoms with van der Waals surface area (Å²) in [6, 6.07) is 10.6. The molecule has 3 heteroatoms. The zero-order chi connectivity index (χ0) is 14.8. The summed E-state index contributed by atoms with van der Waals surface area (Å²) in [6.07, 6.45) is 9.18. The van der Waals surface area contributed by atoms with Gasteiger partial charge in [0.1, 0.15) is 12.4 Å². The summed E-state index contributed by atoms with van der Waals surface area (Å²) in [5, 5.41) is 3.50. The van der Waals surface area contributed by atoms with Crippen LogP contribution in [0.2, 0.25) is 0 Å². The predicted molar refractivity (Wildman–Crippen MR) is 89.6 cm³/mol. The van der Waals surface area contributed by atoms with Crippen molar-refractivity contribution in [2.45, 2.75) is 12.8 Å². The van der Waals surface area contributed by atoms with Gasteiger partial charge in [0.15, 0.2) is 0 Å². The maximum absolute atomic E-state index is 5.94. The van der Waals surface area contributed by atoms with Gasteiger partial charge in [0.05, 0.1) is 12.2 Å². The third kappa shape index (κ3) is 2.57. The van der Waals surface area contributed by atoms with Crippen LogP contribution < -0.4 is 10.2 Å². The first-order valence-electron chi connectivity index (χ1n) is 8.21. The van der Waals surface area contributed by atoms with E-state index < -0.39 is 0 Å². The summed E-state index contributed by atoms with van der Waals surface area (Å²) < 4.78 is 5.94. The molecule has 1 saturated heterocycles. The second-order valence-corrected chi connectivity index (χ2v) is 6.06. The summed E-state index contributed by atoms with van der Waals surface area (Å²) in [5.74, 6) is 1.56. The molecule has 1 aromatic rings. The number of hydrogen-bond donors (Lipinski definition) is 1. The van der Waals surface area contributed by atoms with Crippen molar-refractivity contribution in [1.82, 2.24) is 5.32 Å². The lowest BCUT2D eigenvalue weighted by atomic mass is 9.94. The van der Waals surface area contributed by atoms with Crippen LogP contribution in [-0.2, 0) is 4.74 Å². The van der Waals surface area contributed by atoms with Crippen molar-refractivity contribution in [3.63, 3.8) is 0 Å². The van der Waals surface area contributed by atoms with Crippen LogP contribution >= 0.6 is 0 Å². The summed E-state index contributed by atoms with van der Waals surface area (Å²) in [5.41, 5.74) is 3.99. The molecule has 114 valence electrons. The monoisotopic (exact) mass is 294 g/mol. The number of hydrogen-bond acceptors (Lipinski definition) is 3. The van der Waals surface area contributed by atoms with Gasteiger partial charge in [-0.1, -0.05) is 29.8 Å². The molecule has 1 fully saturated rings. The van der Waals surface area contributed by atoms with Gasteiger partial charge < -0.3 is 15.0 Å². The van der Waals surface area contributed by atoms with Crippen LogP contribution in [0.5, 0.6) is 0 Å². The summed E-state index contributed by atoms with van der Waals surface area (Å²) in [7, 11) is 0. The van der Waals surface area contributed by atoms with E-state index in [4.69, 9.17) is 4.74 Å². The maximum Gasteiger partial charge on any atom is 0.142 e. The van der Waals surface area contributed by atoms with Gasteiger partial charge >= 0.3 is 0 Å². The van der Waals surface area contributed by atoms with Crippen LogP contribution in [0.1, 0.15) is 12.8 Å². The number of nitrogens with zero attached hydrogens (tertiary/aromatic N) is 1. The quantitative estimate of drug-likeness (QED) is 0.860. The van der Waals surface area contributed by atoms with E-state index in [1.165, 1.54) is 23.4 Å². The largest absolute Gasteiger partial charge is 0.490 e. The molecule has 0 saturated carbocycles. The second kappa shape index (κ2) is 6.01. The molecule has 0 bridgehead atoms. The molecule has 1 atom stereocenters. The van der Waals surface area contributed by atoms with Crippen LogP contribution in [0.25, 0.3) is 0 Å². The van der Waals surface area contributed by atoms with Crippen LogP contribution in [0.4, 0.5) is 5.69 Å². The maximum atomic E-state index is 5.94. The summed E-state index contributed by atoms with van der Waals surface area (Å²) in [4.78, 5) is 2.39. The Hall–Kier alpha value is -2.00. The Bertz CT molecular complexity index is 630. The lowest BCUT2D eigenvalue weighted by Gasteiger charge is -2.31. The zero-order valence-corrected chi connectivity index (χ0v) is 12.8. The molecule has 4 rings (SSSR count). The number of nitrogens with one attached hydrogen (secondary N) is 1. The molecular formula is C19H22N2O. The Labute approximate surface area is 132 Å². The van der Waals surface area contributed by atoms with E-state index in [1.54, 1.807) is 0 Å². The van der Waals surface area contributed by atoms with Crippen molar-refractivity contribution in [2.24, 2.45) is 5.92 Å². The van der Waals surface area contributed by atoms with E-state index in [0.29, 0.717) is 5.92 Å². The van der Waals surface area contributed by atoms with Gasteiger partial charge in [-0.3, -0.25) is 0 Å². The van der Waals surface area contributed by atoms with Crippen molar-refractivity contribution in [2.75, 3.05) is 31.1 Å². The SMILES string of the molecule is C1=CC2CCNCCC2=CC2=C1OCCN2c1ccccc1. The van der Waals surface area contributed by atoms with Crippen LogP contribution in [0.15, 0.2) is 65.6 Å². The molecule has 1 N–H and O–H groups in total. The highest BCUT2D eigenvalue weighted by Gasteiger charge is 2.25. The molecule has 1 unspecified atom stereocenters. The molecule has 0 amide bonds. The Morgan fingerprint density at radius 1 is 1.14 bits per heavy atom. The average Bonchev–Trinajstić information content (AvgIpc) is 2.88. The first-order chi connectivity index (χ1) is 10.9. The summed E-state index contributed by atoms with van der Waals surface area (Å²) >= 11 is 0. The second-order valence-electron chi connectivity index (χ2n) is 6.06. The molecule has 2 heterocycles. The Balaban J connectivity index is 1.75. The van der Waals surface area contributed by atoms with Gasteiger partial charge in [-0.05, 0) is 56.1 Å². The van der Waals surface area contributed by atoms with Crippen molar-refractivity contribution < 1.29 is 4.74 Å². The third-order valence-corrected chi connectivity index (χ3v) is 4.68. The van der Waals surface area contributed by atoms with Crippen molar-refractivity contribution in [3.05, 3.63) is 65.6 Å². The predicted octanol–water partition coefficient (Wildman–Crippen LogP) is 3.23. The fourth-order valence-corrected chi connectivity index (χ4v) is 3.50. The first-order valence-corrected chi connectivity index (χ1v) is 8.21. The molecule has 22 heavy (non-hydrogen) atoms. The molecule has 1 aromatic carbocycles. The van der Waals surface area contributed by atoms with E-state index in [-0.39, 0.29) is 0 Å². The van der Waals surface area contributed by atoms with Gasteiger partial charge in [0.25, 0.3) is 0 Å². The molecule has 3 nitrogen and oxygen atoms in total. The number of anilines is 1. The van der Waals surface area contributed by atoms with E-state index in [0.717, 1.165) is 38.4 Å². The smallest absolute Gasteiger partial charge is 0.142 e. The van der Waals surface area contributed by atoms with E-state index in [9.17, 15) is 0 Å². The standard InChI is InChI=1S/C19H22N2O/c1-2-4-17(5-3-1)21-12-13-22-19-7-6-15-8-10-20-11-9-16(15)14-18(19)21/h1-7,14-15,20H,8-13H2. The number of ether oxygens (including phenoxy) is 1. The Morgan fingerprint density at radius 3 is 2.95 bits per heavy atom. The normalized spacial score (nSPS) is 24.6. The highest BCUT2D eigenvalue weighted by molar-refractivity contribution is 5.58. The molecule has 0 radical (unpaired) electrons. The molecule has 1 aliphatic carbocycles. The van der Waals surface area contributed by atoms with Crippen molar-refractivity contribution >= 4 is 5.69 Å². The topological polar surface area (TPSA) is 24.5 Å². The molecular weight excluding hydrogens is 272 g/mol. The first kappa shape index (κ1) is 13.6. The van der Waals surface area contributed by atoms with Crippen molar-refractivity contribution in [3.8, 4) is 0 Å². The molecule has 3 aliphatic rings. The van der Waals surface area contributed by atoms with Crippen LogP contribution in [0, 0.1) is 5.92 Å². The van der Waals surface area contributed by atoms with Crippen LogP contribution in [0.3, 0.4) is 0 Å². The highest BCUT2D eigenvalue weighted by Crippen LogP contribution is 2.33. The Morgan fingerprint density at radius 2 is 2.05 bits per heavy atom. The molecule has 0 aromatic heterocycles. The Kier molecular flexibility index (Phi) is 3.73. The number of fused-ring (bicyclic) bond motifs is 1. The van der Waals surface area contributed by atoms with Gasteiger partial charge in [0, 0.05) is 5.69 Å². The zero-order valence-electron chi connectivity index (χ0n) is 12.8. The lowest BCUT2D eigenvalue weighted by molar-refractivity contribution is 0.215. The molecule has 0 spiro atoms. The van der Waals surface area contributed by atoms with Gasteiger partial charge in [-0.25, -0.2) is 0 Å². The van der Waals surface area contributed by atoms with Gasteiger partial charge in [0.2, 0.25) is 0 Å². The minimum Gasteiger partial charge on any atom is -0.490 e. The summed E-state index contributed by atoms with van der Waals surface area (Å²) in [6.45, 7) is 3.82. The number of benzene rings is 1. The van der Waals surface area contributed by atoms with Crippen LogP contribution in [-0.4, -0.2) is 26.2 Å². The van der Waals surface area contributed by atoms with Gasteiger partial charge in [-0.15, -0.1) is 0 Å². The minimum absolute atomic E-state index is 0.543. The molecule has 2 aliphatic heterocycles. The minimum atomic E-state index is 0.543. The number of para-hydroxylation sites is 1. The number of allylic oxidation sites excluding steroid dienone is 3. The van der Waals surface area contributed by atoms with E-state index in [1.807, 2.05) is 0 Å². The van der Waals surface area contributed by atoms with E-state index in [2.05, 4.69) is 58.8 Å². The fraction of sp³-hybridized carbons (Fsp3) is 0.368. The highest BCUT2D eigenvalue weighted by atomic mass is 16.5. The van der Waals surface area contributed by atoms with E-state index >= 15 is 0 Å². The lowest BCUT2D eigenvalue weighted by Crippen LogP contribution is -2.31. The number of rotatable bonds is 1. The third-order valence-electron chi connectivity index (χ3n) is 4.68. The fourth-order valence-electron chi connectivity index (χ4n) is 3.50. The van der Waals surface area contributed by atoms with Gasteiger partial charge in [-0.2, -0.15) is 0 Å².